The predicted octanol–water partition coefficient (Wildman–Crippen LogP) is 3.57. The average Bonchev–Trinajstić information content (AvgIpc) is 2.50. The number of esters is 1. The van der Waals surface area contributed by atoms with Crippen molar-refractivity contribution in [1.29, 1.82) is 0 Å². The molecule has 1 aromatic carbocycles. The molecular weight excluding hydrogens is 302 g/mol. The van der Waals surface area contributed by atoms with E-state index in [1.54, 1.807) is 7.05 Å². The fourth-order valence-electron chi connectivity index (χ4n) is 1.82. The van der Waals surface area contributed by atoms with E-state index in [4.69, 9.17) is 0 Å². The second-order valence-electron chi connectivity index (χ2n) is 4.59. The molecule has 122 valence electrons. The van der Waals surface area contributed by atoms with Gasteiger partial charge in [0.05, 0.1) is 5.56 Å². The summed E-state index contributed by atoms with van der Waals surface area (Å²) in [5, 5.41) is 2.94. The number of rotatable bonds is 8. The quantitative estimate of drug-likeness (QED) is 0.199. The molecule has 0 radical (unpaired) electrons. The summed E-state index contributed by atoms with van der Waals surface area (Å²) in [6.45, 7) is 3.96. The molecule has 7 heteroatoms. The first kappa shape index (κ1) is 18.2. The zero-order valence-electron chi connectivity index (χ0n) is 12.1. The van der Waals surface area contributed by atoms with Crippen LogP contribution in [0, 0.1) is 23.3 Å². The molecule has 22 heavy (non-hydrogen) atoms. The van der Waals surface area contributed by atoms with Gasteiger partial charge in [-0.15, -0.1) is 0 Å². The molecule has 0 spiro atoms. The van der Waals surface area contributed by atoms with E-state index >= 15 is 0 Å². The van der Waals surface area contributed by atoms with Crippen molar-refractivity contribution in [3.05, 3.63) is 35.4 Å². The van der Waals surface area contributed by atoms with Gasteiger partial charge in [-0.05, 0) is 26.4 Å². The molecule has 0 saturated carbocycles. The van der Waals surface area contributed by atoms with Gasteiger partial charge >= 0.3 is 5.97 Å². The summed E-state index contributed by atoms with van der Waals surface area (Å²) >= 11 is 0. The Kier molecular flexibility index (Phi) is 7.04. The lowest BCUT2D eigenvalue weighted by atomic mass is 10.1. The van der Waals surface area contributed by atoms with E-state index in [0.29, 0.717) is 6.42 Å². The van der Waals surface area contributed by atoms with Crippen molar-refractivity contribution < 1.29 is 27.1 Å². The summed E-state index contributed by atoms with van der Waals surface area (Å²) in [6, 6.07) is 0. The molecule has 3 nitrogen and oxygen atoms in total. The van der Waals surface area contributed by atoms with E-state index in [1.165, 1.54) is 0 Å². The number of unbranched alkanes of at least 4 members (excludes halogenated alkanes) is 2. The zero-order chi connectivity index (χ0) is 16.7. The lowest BCUT2D eigenvalue weighted by Crippen LogP contribution is -2.13. The normalized spacial score (nSPS) is 10.6. The van der Waals surface area contributed by atoms with Crippen molar-refractivity contribution in [2.45, 2.75) is 25.7 Å². The Bertz CT molecular complexity index is 561. The molecule has 0 aliphatic carbocycles. The molecule has 0 aromatic heterocycles. The van der Waals surface area contributed by atoms with Gasteiger partial charge in [-0.25, -0.2) is 13.2 Å². The van der Waals surface area contributed by atoms with Crippen LogP contribution in [0.15, 0.2) is 6.58 Å². The standard InChI is InChI=1S/C15H17F4NO2/c1-3-9-11(16)12(17)13(18)14(19)15(9)22-10(21)7-5-4-6-8-20-2/h3,20H,1,4-8H2,2H3. The van der Waals surface area contributed by atoms with Gasteiger partial charge in [0, 0.05) is 6.42 Å². The van der Waals surface area contributed by atoms with Crippen LogP contribution in [0.2, 0.25) is 0 Å². The van der Waals surface area contributed by atoms with E-state index < -0.39 is 40.6 Å². The Morgan fingerprint density at radius 3 is 2.32 bits per heavy atom. The topological polar surface area (TPSA) is 38.3 Å². The number of nitrogens with one attached hydrogen (secondary N) is 1. The third-order valence-corrected chi connectivity index (χ3v) is 2.99. The molecule has 0 heterocycles. The maximum absolute atomic E-state index is 13.6. The molecule has 1 N–H and O–H groups in total. The summed E-state index contributed by atoms with van der Waals surface area (Å²) in [6.07, 6.45) is 2.78. The van der Waals surface area contributed by atoms with Crippen molar-refractivity contribution in [3.63, 3.8) is 0 Å². The maximum Gasteiger partial charge on any atom is 0.311 e. The van der Waals surface area contributed by atoms with Crippen molar-refractivity contribution in [1.82, 2.24) is 5.32 Å². The minimum atomic E-state index is -2.03. The number of carbonyl (C=O) groups excluding carboxylic acids is 1. The average molecular weight is 319 g/mol. The smallest absolute Gasteiger partial charge is 0.311 e. The highest BCUT2D eigenvalue weighted by Gasteiger charge is 2.26. The Morgan fingerprint density at radius 2 is 1.73 bits per heavy atom. The monoisotopic (exact) mass is 319 g/mol. The Morgan fingerprint density at radius 1 is 1.09 bits per heavy atom. The highest BCUT2D eigenvalue weighted by atomic mass is 19.2. The van der Waals surface area contributed by atoms with E-state index in [2.05, 4.69) is 16.6 Å². The Balaban J connectivity index is 2.80. The van der Waals surface area contributed by atoms with Crippen molar-refractivity contribution in [2.75, 3.05) is 13.6 Å². The van der Waals surface area contributed by atoms with Crippen LogP contribution in [-0.4, -0.2) is 19.6 Å². The van der Waals surface area contributed by atoms with E-state index in [-0.39, 0.29) is 6.42 Å². The zero-order valence-corrected chi connectivity index (χ0v) is 12.1. The Hall–Kier alpha value is -1.89. The highest BCUT2D eigenvalue weighted by Crippen LogP contribution is 2.31. The van der Waals surface area contributed by atoms with Crippen LogP contribution >= 0.6 is 0 Å². The van der Waals surface area contributed by atoms with Gasteiger partial charge in [0.1, 0.15) is 0 Å². The summed E-state index contributed by atoms with van der Waals surface area (Å²) in [5.74, 6) is -9.23. The van der Waals surface area contributed by atoms with E-state index in [9.17, 15) is 22.4 Å². The molecule has 0 aliphatic heterocycles. The molecule has 0 unspecified atom stereocenters. The van der Waals surface area contributed by atoms with Gasteiger partial charge in [-0.2, -0.15) is 4.39 Å². The number of hydrogen-bond donors (Lipinski definition) is 1. The predicted molar refractivity (Wildman–Crippen MR) is 74.4 cm³/mol. The summed E-state index contributed by atoms with van der Waals surface area (Å²) in [5.41, 5.74) is -0.722. The molecule has 0 atom stereocenters. The lowest BCUT2D eigenvalue weighted by Gasteiger charge is -2.11. The van der Waals surface area contributed by atoms with Gasteiger partial charge in [-0.1, -0.05) is 19.1 Å². The fourth-order valence-corrected chi connectivity index (χ4v) is 1.82. The van der Waals surface area contributed by atoms with Crippen LogP contribution in [-0.2, 0) is 4.79 Å². The van der Waals surface area contributed by atoms with Crippen LogP contribution in [0.3, 0.4) is 0 Å². The van der Waals surface area contributed by atoms with Gasteiger partial charge in [0.15, 0.2) is 17.4 Å². The lowest BCUT2D eigenvalue weighted by molar-refractivity contribution is -0.134. The number of carbonyl (C=O) groups is 1. The Labute approximate surface area is 126 Å². The third-order valence-electron chi connectivity index (χ3n) is 2.99. The number of halogens is 4. The molecule has 0 bridgehead atoms. The molecular formula is C15H17F4NO2. The van der Waals surface area contributed by atoms with Gasteiger partial charge in [-0.3, -0.25) is 4.79 Å². The van der Waals surface area contributed by atoms with Crippen molar-refractivity contribution in [3.8, 4) is 5.75 Å². The molecule has 0 saturated heterocycles. The van der Waals surface area contributed by atoms with Crippen LogP contribution in [0.1, 0.15) is 31.2 Å². The van der Waals surface area contributed by atoms with Crippen molar-refractivity contribution in [2.24, 2.45) is 0 Å². The van der Waals surface area contributed by atoms with Crippen molar-refractivity contribution >= 4 is 12.0 Å². The second-order valence-corrected chi connectivity index (χ2v) is 4.59. The third kappa shape index (κ3) is 4.30. The molecule has 0 aliphatic rings. The SMILES string of the molecule is C=Cc1c(F)c(F)c(F)c(F)c1OC(=O)CCCCCNC. The van der Waals surface area contributed by atoms with Gasteiger partial charge in [0.25, 0.3) is 0 Å². The molecule has 1 aromatic rings. The number of ether oxygens (including phenoxy) is 1. The largest absolute Gasteiger partial charge is 0.422 e. The van der Waals surface area contributed by atoms with Crippen LogP contribution in [0.5, 0.6) is 5.75 Å². The highest BCUT2D eigenvalue weighted by molar-refractivity contribution is 5.74. The maximum atomic E-state index is 13.6. The van der Waals surface area contributed by atoms with Gasteiger partial charge in [0.2, 0.25) is 11.6 Å². The molecule has 0 fully saturated rings. The summed E-state index contributed by atoms with van der Waals surface area (Å²) in [7, 11) is 1.80. The van der Waals surface area contributed by atoms with E-state index in [1.807, 2.05) is 0 Å². The van der Waals surface area contributed by atoms with Gasteiger partial charge < -0.3 is 10.1 Å². The summed E-state index contributed by atoms with van der Waals surface area (Å²) in [4.78, 5) is 11.6. The minimum Gasteiger partial charge on any atom is -0.422 e. The minimum absolute atomic E-state index is 0.0413. The second kappa shape index (κ2) is 8.53. The van der Waals surface area contributed by atoms with Crippen LogP contribution in [0.25, 0.3) is 6.08 Å². The van der Waals surface area contributed by atoms with Crippen LogP contribution < -0.4 is 10.1 Å². The molecule has 1 rings (SSSR count). The first-order valence-corrected chi connectivity index (χ1v) is 6.77. The number of benzene rings is 1. The first-order valence-electron chi connectivity index (χ1n) is 6.77. The van der Waals surface area contributed by atoms with E-state index in [0.717, 1.165) is 25.5 Å². The fraction of sp³-hybridized carbons (Fsp3) is 0.400. The number of hydrogen-bond acceptors (Lipinski definition) is 3. The van der Waals surface area contributed by atoms with Crippen LogP contribution in [0.4, 0.5) is 17.6 Å². The first-order chi connectivity index (χ1) is 10.4. The summed E-state index contributed by atoms with van der Waals surface area (Å²) < 4.78 is 58.0. The molecule has 0 amide bonds.